The van der Waals surface area contributed by atoms with E-state index in [1.165, 1.54) is 21.8 Å². The van der Waals surface area contributed by atoms with Gasteiger partial charge in [0.1, 0.15) is 24.3 Å². The van der Waals surface area contributed by atoms with Crippen LogP contribution < -0.4 is 5.56 Å². The average molecular weight is 391 g/mol. The fraction of sp³-hybridized carbons (Fsp3) is 0.350. The maximum Gasteiger partial charge on any atom is 0.264 e. The summed E-state index contributed by atoms with van der Waals surface area (Å²) < 4.78 is 2.85. The molecule has 1 aliphatic rings. The number of hydrogen-bond acceptors (Lipinski definition) is 6. The first-order chi connectivity index (χ1) is 14.1. The fourth-order valence-electron chi connectivity index (χ4n) is 3.66. The lowest BCUT2D eigenvalue weighted by Gasteiger charge is -2.37. The molecule has 0 N–H and O–H groups in total. The Morgan fingerprint density at radius 1 is 1.21 bits per heavy atom. The van der Waals surface area contributed by atoms with Crippen LogP contribution in [0.25, 0.3) is 11.0 Å². The standard InChI is InChI=1S/C20H21N7O2/c1-24-19-16(12-23-24)20(29)27(14-22-19)13-18(28)26-9-7-25(8-10-26)17(11-21)15-5-3-2-4-6-15/h2-6,12,14,17H,7-10,13H2,1H3. The van der Waals surface area contributed by atoms with Crippen molar-refractivity contribution in [3.8, 4) is 6.07 Å². The van der Waals surface area contributed by atoms with Crippen LogP contribution >= 0.6 is 0 Å². The molecule has 0 aliphatic carbocycles. The molecule has 1 fully saturated rings. The third-order valence-corrected chi connectivity index (χ3v) is 5.29. The van der Waals surface area contributed by atoms with Crippen LogP contribution in [0.5, 0.6) is 0 Å². The Kier molecular flexibility index (Phi) is 5.10. The smallest absolute Gasteiger partial charge is 0.264 e. The molecule has 1 aromatic carbocycles. The Morgan fingerprint density at radius 2 is 1.93 bits per heavy atom. The van der Waals surface area contributed by atoms with E-state index in [2.05, 4.69) is 21.1 Å². The van der Waals surface area contributed by atoms with Crippen molar-refractivity contribution in [1.82, 2.24) is 29.1 Å². The Labute approximate surface area is 167 Å². The molecule has 3 aromatic rings. The maximum atomic E-state index is 12.7. The van der Waals surface area contributed by atoms with E-state index < -0.39 is 0 Å². The first kappa shape index (κ1) is 18.8. The van der Waals surface area contributed by atoms with Gasteiger partial charge in [-0.15, -0.1) is 0 Å². The van der Waals surface area contributed by atoms with Crippen LogP contribution in [0.4, 0.5) is 0 Å². The van der Waals surface area contributed by atoms with Gasteiger partial charge in [0, 0.05) is 33.2 Å². The predicted molar refractivity (Wildman–Crippen MR) is 106 cm³/mol. The molecular formula is C20H21N7O2. The van der Waals surface area contributed by atoms with E-state index in [9.17, 15) is 14.9 Å². The van der Waals surface area contributed by atoms with Gasteiger partial charge in [0.05, 0.1) is 12.3 Å². The van der Waals surface area contributed by atoms with Gasteiger partial charge in [0.15, 0.2) is 5.65 Å². The van der Waals surface area contributed by atoms with Crippen molar-refractivity contribution >= 4 is 16.9 Å². The van der Waals surface area contributed by atoms with Gasteiger partial charge < -0.3 is 4.90 Å². The molecule has 29 heavy (non-hydrogen) atoms. The van der Waals surface area contributed by atoms with Crippen LogP contribution in [0.3, 0.4) is 0 Å². The number of carbonyl (C=O) groups is 1. The second-order valence-electron chi connectivity index (χ2n) is 7.04. The first-order valence-corrected chi connectivity index (χ1v) is 9.42. The van der Waals surface area contributed by atoms with Gasteiger partial charge in [-0.05, 0) is 5.56 Å². The third-order valence-electron chi connectivity index (χ3n) is 5.29. The highest BCUT2D eigenvalue weighted by Crippen LogP contribution is 2.21. The Hall–Kier alpha value is -3.51. The molecule has 1 atom stereocenters. The van der Waals surface area contributed by atoms with Crippen LogP contribution in [0.15, 0.2) is 47.7 Å². The third kappa shape index (κ3) is 3.62. The minimum absolute atomic E-state index is 0.0585. The summed E-state index contributed by atoms with van der Waals surface area (Å²) in [5, 5.41) is 14.0. The summed E-state index contributed by atoms with van der Waals surface area (Å²) >= 11 is 0. The second kappa shape index (κ2) is 7.85. The molecule has 148 valence electrons. The van der Waals surface area contributed by atoms with Crippen molar-refractivity contribution in [2.45, 2.75) is 12.6 Å². The normalized spacial score (nSPS) is 15.9. The monoisotopic (exact) mass is 391 g/mol. The molecule has 0 radical (unpaired) electrons. The van der Waals surface area contributed by atoms with Crippen molar-refractivity contribution in [1.29, 1.82) is 5.26 Å². The van der Waals surface area contributed by atoms with E-state index in [1.807, 2.05) is 30.3 Å². The van der Waals surface area contributed by atoms with E-state index in [0.717, 1.165) is 5.56 Å². The maximum absolute atomic E-state index is 12.7. The lowest BCUT2D eigenvalue weighted by molar-refractivity contribution is -0.133. The van der Waals surface area contributed by atoms with Crippen molar-refractivity contribution in [2.24, 2.45) is 7.05 Å². The summed E-state index contributed by atoms with van der Waals surface area (Å²) in [5.74, 6) is -0.134. The zero-order chi connectivity index (χ0) is 20.4. The van der Waals surface area contributed by atoms with Gasteiger partial charge in [-0.1, -0.05) is 30.3 Å². The van der Waals surface area contributed by atoms with Crippen LogP contribution in [-0.4, -0.2) is 61.2 Å². The highest BCUT2D eigenvalue weighted by molar-refractivity contribution is 5.77. The molecule has 0 bridgehead atoms. The zero-order valence-corrected chi connectivity index (χ0v) is 16.1. The number of aromatic nitrogens is 4. The van der Waals surface area contributed by atoms with Crippen LogP contribution in [0.2, 0.25) is 0 Å². The molecule has 1 amide bonds. The number of piperazine rings is 1. The Bertz CT molecular complexity index is 1120. The summed E-state index contributed by atoms with van der Waals surface area (Å²) in [6.07, 6.45) is 2.86. The molecule has 2 aromatic heterocycles. The highest BCUT2D eigenvalue weighted by Gasteiger charge is 2.27. The average Bonchev–Trinajstić information content (AvgIpc) is 3.13. The van der Waals surface area contributed by atoms with Crippen LogP contribution in [0.1, 0.15) is 11.6 Å². The zero-order valence-electron chi connectivity index (χ0n) is 16.1. The van der Waals surface area contributed by atoms with E-state index in [4.69, 9.17) is 0 Å². The molecule has 9 nitrogen and oxygen atoms in total. The number of amides is 1. The summed E-state index contributed by atoms with van der Waals surface area (Å²) in [7, 11) is 1.72. The number of carbonyl (C=O) groups excluding carboxylic acids is 1. The molecule has 0 saturated carbocycles. The van der Waals surface area contributed by atoms with Gasteiger partial charge >= 0.3 is 0 Å². The van der Waals surface area contributed by atoms with Crippen LogP contribution in [-0.2, 0) is 18.4 Å². The Balaban J connectivity index is 1.41. The van der Waals surface area contributed by atoms with Gasteiger partial charge in [0.25, 0.3) is 5.56 Å². The first-order valence-electron chi connectivity index (χ1n) is 9.42. The van der Waals surface area contributed by atoms with Crippen molar-refractivity contribution in [3.05, 3.63) is 58.8 Å². The van der Waals surface area contributed by atoms with Gasteiger partial charge in [-0.2, -0.15) is 10.4 Å². The summed E-state index contributed by atoms with van der Waals surface area (Å²) in [4.78, 5) is 33.3. The fourth-order valence-corrected chi connectivity index (χ4v) is 3.66. The number of benzene rings is 1. The minimum atomic E-state index is -0.326. The van der Waals surface area contributed by atoms with Gasteiger partial charge in [0.2, 0.25) is 5.91 Å². The predicted octanol–water partition coefficient (Wildman–Crippen LogP) is 0.539. The number of hydrogen-bond donors (Lipinski definition) is 0. The van der Waals surface area contributed by atoms with E-state index in [1.54, 1.807) is 11.9 Å². The summed E-state index contributed by atoms with van der Waals surface area (Å²) in [6, 6.07) is 11.7. The number of nitriles is 1. The molecule has 1 unspecified atom stereocenters. The molecule has 4 rings (SSSR count). The SMILES string of the molecule is Cn1ncc2c(=O)n(CC(=O)N3CCN(C(C#N)c4ccccc4)CC3)cnc21. The quantitative estimate of drug-likeness (QED) is 0.644. The molecule has 1 saturated heterocycles. The summed E-state index contributed by atoms with van der Waals surface area (Å²) in [6.45, 7) is 2.18. The molecule has 0 spiro atoms. The highest BCUT2D eigenvalue weighted by atomic mass is 16.2. The van der Waals surface area contributed by atoms with E-state index in [0.29, 0.717) is 37.2 Å². The molecule has 9 heteroatoms. The minimum Gasteiger partial charge on any atom is -0.339 e. The van der Waals surface area contributed by atoms with Crippen molar-refractivity contribution in [2.75, 3.05) is 26.2 Å². The van der Waals surface area contributed by atoms with E-state index >= 15 is 0 Å². The lowest BCUT2D eigenvalue weighted by atomic mass is 10.1. The van der Waals surface area contributed by atoms with Gasteiger partial charge in [-0.3, -0.25) is 23.7 Å². The molecular weight excluding hydrogens is 370 g/mol. The number of rotatable bonds is 4. The molecule has 1 aliphatic heterocycles. The molecule has 3 heterocycles. The number of aryl methyl sites for hydroxylation is 1. The van der Waals surface area contributed by atoms with E-state index in [-0.39, 0.29) is 24.1 Å². The van der Waals surface area contributed by atoms with Gasteiger partial charge in [-0.25, -0.2) is 4.98 Å². The Morgan fingerprint density at radius 3 is 2.62 bits per heavy atom. The van der Waals surface area contributed by atoms with Crippen LogP contribution in [0, 0.1) is 11.3 Å². The largest absolute Gasteiger partial charge is 0.339 e. The number of fused-ring (bicyclic) bond motifs is 1. The topological polar surface area (TPSA) is 100 Å². The lowest BCUT2D eigenvalue weighted by Crippen LogP contribution is -2.50. The van der Waals surface area contributed by atoms with Crippen molar-refractivity contribution in [3.63, 3.8) is 0 Å². The summed E-state index contributed by atoms with van der Waals surface area (Å²) in [5.41, 5.74) is 1.18. The van der Waals surface area contributed by atoms with Crippen molar-refractivity contribution < 1.29 is 4.79 Å². The second-order valence-corrected chi connectivity index (χ2v) is 7.04. The number of nitrogens with zero attached hydrogens (tertiary/aromatic N) is 7.